The van der Waals surface area contributed by atoms with Crippen LogP contribution in [0.25, 0.3) is 21.8 Å². The number of halogens is 1. The first-order valence-corrected chi connectivity index (χ1v) is 8.95. The number of amides is 1. The number of hydrogen-bond donors (Lipinski definition) is 2. The van der Waals surface area contributed by atoms with Crippen LogP contribution in [0.15, 0.2) is 47.4 Å². The van der Waals surface area contributed by atoms with Crippen LogP contribution in [0, 0.1) is 6.92 Å². The third-order valence-corrected chi connectivity index (χ3v) is 4.79. The summed E-state index contributed by atoms with van der Waals surface area (Å²) in [7, 11) is 1.51. The van der Waals surface area contributed by atoms with E-state index in [2.05, 4.69) is 15.4 Å². The molecule has 0 fully saturated rings. The van der Waals surface area contributed by atoms with E-state index in [9.17, 15) is 9.59 Å². The van der Waals surface area contributed by atoms with E-state index in [1.807, 2.05) is 25.1 Å². The molecule has 0 atom stereocenters. The monoisotopic (exact) mass is 396 g/mol. The molecule has 2 aromatic heterocycles. The summed E-state index contributed by atoms with van der Waals surface area (Å²) < 4.78 is 6.22. The molecule has 0 spiro atoms. The maximum Gasteiger partial charge on any atom is 0.291 e. The van der Waals surface area contributed by atoms with Crippen LogP contribution in [-0.4, -0.2) is 27.8 Å². The summed E-state index contributed by atoms with van der Waals surface area (Å²) in [4.78, 5) is 28.2. The number of ether oxygens (including phenoxy) is 1. The van der Waals surface area contributed by atoms with Crippen molar-refractivity contribution in [3.8, 4) is 5.75 Å². The minimum absolute atomic E-state index is 0.215. The van der Waals surface area contributed by atoms with Crippen molar-refractivity contribution in [3.63, 3.8) is 0 Å². The Labute approximate surface area is 164 Å². The molecule has 2 N–H and O–H groups in total. The number of nitrogens with one attached hydrogen (secondary N) is 2. The van der Waals surface area contributed by atoms with Crippen LogP contribution in [0.3, 0.4) is 0 Å². The van der Waals surface area contributed by atoms with Crippen molar-refractivity contribution in [2.24, 2.45) is 0 Å². The molecule has 0 bridgehead atoms. The Morgan fingerprint density at radius 2 is 2.07 bits per heavy atom. The van der Waals surface area contributed by atoms with Crippen LogP contribution in [0.1, 0.15) is 5.56 Å². The second-order valence-electron chi connectivity index (χ2n) is 6.47. The summed E-state index contributed by atoms with van der Waals surface area (Å²) in [5.74, 6) is 0.124. The topological polar surface area (TPSA) is 89.0 Å². The molecule has 1 amide bonds. The molecule has 4 aromatic rings. The maximum atomic E-state index is 12.8. The number of carbonyl (C=O) groups is 1. The number of fused-ring (bicyclic) bond motifs is 3. The van der Waals surface area contributed by atoms with Crippen molar-refractivity contribution >= 4 is 45.0 Å². The Morgan fingerprint density at radius 3 is 2.82 bits per heavy atom. The van der Waals surface area contributed by atoms with Gasteiger partial charge in [0, 0.05) is 22.0 Å². The van der Waals surface area contributed by atoms with Gasteiger partial charge in [0.15, 0.2) is 0 Å². The van der Waals surface area contributed by atoms with Crippen LogP contribution in [0.4, 0.5) is 5.69 Å². The van der Waals surface area contributed by atoms with E-state index < -0.39 is 0 Å². The normalized spacial score (nSPS) is 11.1. The number of carbonyl (C=O) groups excluding carboxylic acids is 1. The first-order valence-electron chi connectivity index (χ1n) is 8.58. The molecule has 0 radical (unpaired) electrons. The Balaban J connectivity index is 1.61. The van der Waals surface area contributed by atoms with Crippen LogP contribution in [0.2, 0.25) is 5.02 Å². The fourth-order valence-electron chi connectivity index (χ4n) is 3.13. The number of nitrogens with zero attached hydrogens (tertiary/aromatic N) is 2. The molecule has 2 heterocycles. The van der Waals surface area contributed by atoms with Crippen molar-refractivity contribution in [1.29, 1.82) is 0 Å². The molecule has 4 rings (SSSR count). The predicted octanol–water partition coefficient (Wildman–Crippen LogP) is 3.49. The molecular formula is C20H17ClN4O3. The zero-order chi connectivity index (χ0) is 19.8. The van der Waals surface area contributed by atoms with E-state index in [1.54, 1.807) is 24.4 Å². The second-order valence-corrected chi connectivity index (χ2v) is 6.87. The van der Waals surface area contributed by atoms with Gasteiger partial charge >= 0.3 is 0 Å². The lowest BCUT2D eigenvalue weighted by Crippen LogP contribution is -2.29. The molecule has 0 aliphatic heterocycles. The molecular weight excluding hydrogens is 380 g/mol. The van der Waals surface area contributed by atoms with E-state index in [4.69, 9.17) is 16.3 Å². The summed E-state index contributed by atoms with van der Waals surface area (Å²) in [5, 5.41) is 8.92. The summed E-state index contributed by atoms with van der Waals surface area (Å²) in [6.45, 7) is 1.77. The number of methoxy groups -OCH3 is 1. The molecule has 7 nitrogen and oxygen atoms in total. The minimum Gasteiger partial charge on any atom is -0.495 e. The Bertz CT molecular complexity index is 1280. The average Bonchev–Trinajstić information content (AvgIpc) is 3.03. The summed E-state index contributed by atoms with van der Waals surface area (Å²) in [5.41, 5.74) is 2.53. The first-order chi connectivity index (χ1) is 13.5. The highest BCUT2D eigenvalue weighted by molar-refractivity contribution is 6.32. The van der Waals surface area contributed by atoms with E-state index >= 15 is 0 Å². The smallest absolute Gasteiger partial charge is 0.291 e. The number of H-pyrrole nitrogens is 1. The van der Waals surface area contributed by atoms with Gasteiger partial charge in [-0.3, -0.25) is 9.59 Å². The van der Waals surface area contributed by atoms with Gasteiger partial charge < -0.3 is 15.0 Å². The van der Waals surface area contributed by atoms with Gasteiger partial charge in [-0.2, -0.15) is 5.10 Å². The maximum absolute atomic E-state index is 12.8. The zero-order valence-corrected chi connectivity index (χ0v) is 16.0. The second kappa shape index (κ2) is 7.01. The standard InChI is InChI=1S/C20H17ClN4O3/c1-11-3-5-16-13(7-11)14-9-22-25(20(27)19(14)24-16)10-18(26)23-12-4-6-17(28-2)15(21)8-12/h3-9,24H,10H2,1-2H3,(H,23,26). The van der Waals surface area contributed by atoms with Gasteiger partial charge in [0.1, 0.15) is 17.8 Å². The van der Waals surface area contributed by atoms with Gasteiger partial charge in [-0.1, -0.05) is 23.2 Å². The predicted molar refractivity (Wildman–Crippen MR) is 109 cm³/mol. The highest BCUT2D eigenvalue weighted by Gasteiger charge is 2.13. The van der Waals surface area contributed by atoms with Crippen molar-refractivity contribution in [1.82, 2.24) is 14.8 Å². The fourth-order valence-corrected chi connectivity index (χ4v) is 3.39. The number of hydrogen-bond acceptors (Lipinski definition) is 4. The lowest BCUT2D eigenvalue weighted by Gasteiger charge is -2.09. The van der Waals surface area contributed by atoms with Gasteiger partial charge in [-0.25, -0.2) is 4.68 Å². The lowest BCUT2D eigenvalue weighted by atomic mass is 10.1. The quantitative estimate of drug-likeness (QED) is 0.552. The first kappa shape index (κ1) is 18.1. The number of benzene rings is 2. The summed E-state index contributed by atoms with van der Waals surface area (Å²) in [6, 6.07) is 10.8. The third-order valence-electron chi connectivity index (χ3n) is 4.50. The molecule has 0 saturated carbocycles. The molecule has 28 heavy (non-hydrogen) atoms. The van der Waals surface area contributed by atoms with Crippen molar-refractivity contribution < 1.29 is 9.53 Å². The third kappa shape index (κ3) is 3.20. The van der Waals surface area contributed by atoms with Gasteiger partial charge in [0.2, 0.25) is 5.91 Å². The average molecular weight is 397 g/mol. The van der Waals surface area contributed by atoms with E-state index in [1.165, 1.54) is 7.11 Å². The number of anilines is 1. The van der Waals surface area contributed by atoms with Crippen molar-refractivity contribution in [3.05, 3.63) is 63.5 Å². The molecule has 8 heteroatoms. The van der Waals surface area contributed by atoms with Gasteiger partial charge in [-0.15, -0.1) is 0 Å². The van der Waals surface area contributed by atoms with Crippen molar-refractivity contribution in [2.45, 2.75) is 13.5 Å². The van der Waals surface area contributed by atoms with Gasteiger partial charge in [-0.05, 0) is 37.3 Å². The number of aryl methyl sites for hydroxylation is 1. The Kier molecular flexibility index (Phi) is 4.52. The molecule has 2 aromatic carbocycles. The fraction of sp³-hybridized carbons (Fsp3) is 0.150. The largest absolute Gasteiger partial charge is 0.495 e. The summed E-state index contributed by atoms with van der Waals surface area (Å²) >= 11 is 6.07. The molecule has 142 valence electrons. The highest BCUT2D eigenvalue weighted by Crippen LogP contribution is 2.27. The molecule has 0 aliphatic carbocycles. The Morgan fingerprint density at radius 1 is 1.25 bits per heavy atom. The highest BCUT2D eigenvalue weighted by atomic mass is 35.5. The van der Waals surface area contributed by atoms with Crippen LogP contribution >= 0.6 is 11.6 Å². The molecule has 0 unspecified atom stereocenters. The van der Waals surface area contributed by atoms with E-state index in [0.29, 0.717) is 22.0 Å². The van der Waals surface area contributed by atoms with Crippen LogP contribution in [-0.2, 0) is 11.3 Å². The number of rotatable bonds is 4. The van der Waals surface area contributed by atoms with Gasteiger partial charge in [0.25, 0.3) is 5.56 Å². The van der Waals surface area contributed by atoms with Crippen LogP contribution < -0.4 is 15.6 Å². The minimum atomic E-state index is -0.387. The number of aromatic nitrogens is 3. The summed E-state index contributed by atoms with van der Waals surface area (Å²) in [6.07, 6.45) is 1.60. The van der Waals surface area contributed by atoms with E-state index in [-0.39, 0.29) is 18.0 Å². The lowest BCUT2D eigenvalue weighted by molar-refractivity contribution is -0.117. The SMILES string of the molecule is COc1ccc(NC(=O)Cn2ncc3c([nH]c4ccc(C)cc43)c2=O)cc1Cl. The Hall–Kier alpha value is -3.32. The molecule has 0 aliphatic rings. The van der Waals surface area contributed by atoms with Crippen LogP contribution in [0.5, 0.6) is 5.75 Å². The van der Waals surface area contributed by atoms with Gasteiger partial charge in [0.05, 0.1) is 18.3 Å². The van der Waals surface area contributed by atoms with E-state index in [0.717, 1.165) is 26.5 Å². The molecule has 0 saturated heterocycles. The number of aromatic amines is 1. The zero-order valence-electron chi connectivity index (χ0n) is 15.2. The van der Waals surface area contributed by atoms with Crippen molar-refractivity contribution in [2.75, 3.05) is 12.4 Å².